The number of hydrogen-bond donors (Lipinski definition) is 0. The molecule has 10 heteroatoms. The van der Waals surface area contributed by atoms with E-state index in [2.05, 4.69) is 4.98 Å². The van der Waals surface area contributed by atoms with Gasteiger partial charge in [-0.15, -0.1) is 11.3 Å². The maximum Gasteiger partial charge on any atom is 0.394 e. The van der Waals surface area contributed by atoms with Crippen molar-refractivity contribution in [1.82, 2.24) is 18.5 Å². The molecule has 4 heterocycles. The van der Waals surface area contributed by atoms with Crippen molar-refractivity contribution in [2.75, 3.05) is 0 Å². The summed E-state index contributed by atoms with van der Waals surface area (Å²) in [6.45, 7) is 5.11. The van der Waals surface area contributed by atoms with E-state index in [-0.39, 0.29) is 36.0 Å². The third-order valence-corrected chi connectivity index (χ3v) is 7.93. The normalized spacial score (nSPS) is 18.4. The Hall–Kier alpha value is -3.14. The predicted octanol–water partition coefficient (Wildman–Crippen LogP) is 4.43. The van der Waals surface area contributed by atoms with Crippen LogP contribution in [0.1, 0.15) is 40.7 Å². The monoisotopic (exact) mass is 488 g/mol. The summed E-state index contributed by atoms with van der Waals surface area (Å²) in [4.78, 5) is 31.3. The van der Waals surface area contributed by atoms with Crippen molar-refractivity contribution in [3.63, 3.8) is 0 Å². The maximum absolute atomic E-state index is 13.5. The zero-order valence-corrected chi connectivity index (χ0v) is 19.8. The molecule has 178 valence electrons. The minimum absolute atomic E-state index is 0.0325. The van der Waals surface area contributed by atoms with Crippen LogP contribution in [0.3, 0.4) is 0 Å². The van der Waals surface area contributed by atoms with Gasteiger partial charge in [0.05, 0.1) is 24.0 Å². The van der Waals surface area contributed by atoms with Crippen LogP contribution in [0.2, 0.25) is 0 Å². The van der Waals surface area contributed by atoms with Gasteiger partial charge < -0.3 is 9.13 Å². The number of halogens is 3. The van der Waals surface area contributed by atoms with Crippen molar-refractivity contribution in [3.05, 3.63) is 84.3 Å². The van der Waals surface area contributed by atoms with Gasteiger partial charge in [-0.2, -0.15) is 13.2 Å². The molecule has 0 amide bonds. The van der Waals surface area contributed by atoms with Crippen molar-refractivity contribution in [1.29, 1.82) is 0 Å². The molecule has 0 N–H and O–H groups in total. The zero-order chi connectivity index (χ0) is 24.4. The fourth-order valence-electron chi connectivity index (χ4n) is 4.65. The molecule has 0 aromatic carbocycles. The molecule has 6 nitrogen and oxygen atoms in total. The third-order valence-electron chi connectivity index (χ3n) is 6.85. The Bertz CT molecular complexity index is 1540. The largest absolute Gasteiger partial charge is 0.394 e. The molecule has 4 aromatic rings. The molecule has 1 aliphatic carbocycles. The molecule has 1 unspecified atom stereocenters. The van der Waals surface area contributed by atoms with E-state index in [1.54, 1.807) is 46.9 Å². The summed E-state index contributed by atoms with van der Waals surface area (Å²) in [5, 5.41) is 1.86. The zero-order valence-electron chi connectivity index (χ0n) is 18.9. The minimum atomic E-state index is -4.25. The molecule has 0 bridgehead atoms. The summed E-state index contributed by atoms with van der Waals surface area (Å²) in [5.41, 5.74) is 1.40. The van der Waals surface area contributed by atoms with Crippen molar-refractivity contribution in [3.8, 4) is 5.69 Å². The number of aromatic nitrogens is 4. The Labute approximate surface area is 196 Å². The van der Waals surface area contributed by atoms with Gasteiger partial charge in [0.1, 0.15) is 11.2 Å². The number of aryl methyl sites for hydroxylation is 2. The Morgan fingerprint density at radius 3 is 2.59 bits per heavy atom. The molecule has 0 saturated heterocycles. The average Bonchev–Trinajstić information content (AvgIpc) is 3.36. The molecule has 1 atom stereocenters. The van der Waals surface area contributed by atoms with Crippen molar-refractivity contribution in [2.24, 2.45) is 5.41 Å². The van der Waals surface area contributed by atoms with Gasteiger partial charge in [0.25, 0.3) is 11.1 Å². The highest BCUT2D eigenvalue weighted by Crippen LogP contribution is 2.49. The number of nitrogens with zero attached hydrogens (tertiary/aromatic N) is 4. The van der Waals surface area contributed by atoms with E-state index in [0.29, 0.717) is 17.8 Å². The summed E-state index contributed by atoms with van der Waals surface area (Å²) < 4.78 is 45.1. The van der Waals surface area contributed by atoms with Crippen LogP contribution in [0.5, 0.6) is 0 Å². The van der Waals surface area contributed by atoms with Crippen LogP contribution in [0.15, 0.2) is 45.8 Å². The van der Waals surface area contributed by atoms with Crippen molar-refractivity contribution < 1.29 is 13.2 Å². The topological polar surface area (TPSA) is 61.3 Å². The fraction of sp³-hybridized carbons (Fsp3) is 0.375. The van der Waals surface area contributed by atoms with Gasteiger partial charge in [0.2, 0.25) is 0 Å². The highest BCUT2D eigenvalue weighted by molar-refractivity contribution is 7.10. The smallest absolute Gasteiger partial charge is 0.305 e. The van der Waals surface area contributed by atoms with Gasteiger partial charge in [0, 0.05) is 23.0 Å². The number of fused-ring (bicyclic) bond motifs is 2. The van der Waals surface area contributed by atoms with Gasteiger partial charge in [0.15, 0.2) is 0 Å². The molecular weight excluding hydrogens is 465 g/mol. The van der Waals surface area contributed by atoms with E-state index < -0.39 is 11.6 Å². The fourth-order valence-corrected chi connectivity index (χ4v) is 5.92. The average molecular weight is 489 g/mol. The first-order valence-electron chi connectivity index (χ1n) is 10.9. The second-order valence-corrected chi connectivity index (χ2v) is 10.2. The molecule has 0 spiro atoms. The van der Waals surface area contributed by atoms with E-state index in [9.17, 15) is 22.8 Å². The summed E-state index contributed by atoms with van der Waals surface area (Å²) in [6, 6.07) is 3.21. The van der Waals surface area contributed by atoms with E-state index in [1.807, 2.05) is 12.3 Å². The lowest BCUT2D eigenvalue weighted by Crippen LogP contribution is -2.39. The Kier molecular flexibility index (Phi) is 5.12. The standard InChI is InChI=1S/C24H23F3N4O2S/c1-14-9-29(13-28-14)18-4-5-19-22(33)30(15(2)10-31(19)21(18)32)11-16-12-34-20-8-23(3,24(25,26)27)7-6-17(16)20/h4-5,9-10,12-13H,6-8,11H2,1-3H3. The quantitative estimate of drug-likeness (QED) is 0.429. The van der Waals surface area contributed by atoms with Gasteiger partial charge in [-0.3, -0.25) is 14.0 Å². The lowest BCUT2D eigenvalue weighted by molar-refractivity contribution is -0.221. The first-order valence-corrected chi connectivity index (χ1v) is 11.8. The highest BCUT2D eigenvalue weighted by atomic mass is 32.1. The number of pyridine rings is 1. The number of imidazole rings is 1. The summed E-state index contributed by atoms with van der Waals surface area (Å²) in [7, 11) is 0. The van der Waals surface area contributed by atoms with E-state index in [4.69, 9.17) is 0 Å². The second-order valence-electron chi connectivity index (χ2n) is 9.26. The van der Waals surface area contributed by atoms with E-state index in [1.165, 1.54) is 22.7 Å². The van der Waals surface area contributed by atoms with Gasteiger partial charge in [-0.1, -0.05) is 6.92 Å². The molecule has 0 saturated carbocycles. The molecule has 4 aromatic heterocycles. The molecular formula is C24H23F3N4O2S. The molecule has 1 aliphatic rings. The second kappa shape index (κ2) is 7.69. The molecule has 0 aliphatic heterocycles. The van der Waals surface area contributed by atoms with Gasteiger partial charge >= 0.3 is 6.18 Å². The lowest BCUT2D eigenvalue weighted by Gasteiger charge is -2.35. The van der Waals surface area contributed by atoms with Crippen LogP contribution in [0.25, 0.3) is 11.2 Å². The number of rotatable bonds is 3. The lowest BCUT2D eigenvalue weighted by atomic mass is 9.74. The third kappa shape index (κ3) is 3.51. The summed E-state index contributed by atoms with van der Waals surface area (Å²) >= 11 is 1.33. The summed E-state index contributed by atoms with van der Waals surface area (Å²) in [5.74, 6) is 0. The Morgan fingerprint density at radius 1 is 1.15 bits per heavy atom. The van der Waals surface area contributed by atoms with Crippen LogP contribution in [-0.2, 0) is 19.4 Å². The molecule has 5 rings (SSSR count). The molecule has 34 heavy (non-hydrogen) atoms. The molecule has 0 fully saturated rings. The van der Waals surface area contributed by atoms with Crippen molar-refractivity contribution in [2.45, 2.75) is 52.8 Å². The number of alkyl halides is 3. The predicted molar refractivity (Wildman–Crippen MR) is 124 cm³/mol. The Morgan fingerprint density at radius 2 is 1.91 bits per heavy atom. The number of hydrogen-bond acceptors (Lipinski definition) is 4. The summed E-state index contributed by atoms with van der Waals surface area (Å²) in [6.07, 6.45) is 1.00. The van der Waals surface area contributed by atoms with Crippen LogP contribution in [0, 0.1) is 19.3 Å². The van der Waals surface area contributed by atoms with Crippen LogP contribution in [-0.4, -0.2) is 24.7 Å². The van der Waals surface area contributed by atoms with E-state index >= 15 is 0 Å². The first kappa shape index (κ1) is 22.6. The van der Waals surface area contributed by atoms with Gasteiger partial charge in [-0.05, 0) is 61.7 Å². The highest BCUT2D eigenvalue weighted by Gasteiger charge is 2.52. The van der Waals surface area contributed by atoms with Crippen LogP contribution in [0.4, 0.5) is 13.2 Å². The minimum Gasteiger partial charge on any atom is -0.305 e. The Balaban J connectivity index is 1.53. The molecule has 0 radical (unpaired) electrons. The SMILES string of the molecule is Cc1cn(-c2ccc3c(=O)n(Cc4csc5c4CCC(C)(C(F)(F)F)C5)c(C)cn3c2=O)cn1. The first-order chi connectivity index (χ1) is 16.0. The number of thiophene rings is 1. The van der Waals surface area contributed by atoms with E-state index in [0.717, 1.165) is 21.7 Å². The van der Waals surface area contributed by atoms with Gasteiger partial charge in [-0.25, -0.2) is 4.98 Å². The van der Waals surface area contributed by atoms with Crippen molar-refractivity contribution >= 4 is 16.9 Å². The van der Waals surface area contributed by atoms with Crippen LogP contribution >= 0.6 is 11.3 Å². The van der Waals surface area contributed by atoms with Crippen LogP contribution < -0.4 is 11.1 Å². The maximum atomic E-state index is 13.5.